The molecular weight excluding hydrogens is 528 g/mol. The fraction of sp³-hybridized carbons (Fsp3) is 0.0400. The number of anilines is 2. The fourth-order valence-corrected chi connectivity index (χ4v) is 5.66. The molecule has 192 valence electrons. The number of nitrogens with one attached hydrogen (secondary N) is 2. The molecule has 2 aromatic heterocycles. The molecule has 2 N–H and O–H groups in total. The maximum Gasteiger partial charge on any atom is 0.270 e. The molecule has 0 saturated heterocycles. The number of hydrogen-bond acceptors (Lipinski definition) is 9. The number of nitro groups is 1. The average Bonchev–Trinajstić information content (AvgIpc) is 3.52. The minimum atomic E-state index is -4.23. The van der Waals surface area contributed by atoms with Crippen LogP contribution >= 0.6 is 11.3 Å². The lowest BCUT2D eigenvalue weighted by atomic mass is 10.1. The second kappa shape index (κ2) is 10.3. The van der Waals surface area contributed by atoms with E-state index >= 15 is 0 Å². The molecule has 5 aromatic rings. The number of nitrogens with zero attached hydrogens (tertiary/aromatic N) is 4. The van der Waals surface area contributed by atoms with Crippen LogP contribution in [0.2, 0.25) is 0 Å². The highest BCUT2D eigenvalue weighted by molar-refractivity contribution is 7.92. The van der Waals surface area contributed by atoms with Crippen LogP contribution in [-0.2, 0) is 10.0 Å². The number of nitro benzene ring substituents is 1. The summed E-state index contributed by atoms with van der Waals surface area (Å²) in [6, 6.07) is 19.3. The minimum Gasteiger partial charge on any atom is -0.497 e. The van der Waals surface area contributed by atoms with Crippen molar-refractivity contribution in [2.24, 2.45) is 5.10 Å². The monoisotopic (exact) mass is 548 g/mol. The van der Waals surface area contributed by atoms with Crippen LogP contribution in [0.3, 0.4) is 0 Å². The van der Waals surface area contributed by atoms with Crippen LogP contribution in [0.1, 0.15) is 5.69 Å². The summed E-state index contributed by atoms with van der Waals surface area (Å²) >= 11 is 1.47. The molecule has 13 heteroatoms. The highest BCUT2D eigenvalue weighted by atomic mass is 32.2. The van der Waals surface area contributed by atoms with E-state index in [2.05, 4.69) is 20.2 Å². The van der Waals surface area contributed by atoms with E-state index in [1.807, 2.05) is 46.3 Å². The molecule has 0 aliphatic carbocycles. The first-order chi connectivity index (χ1) is 18.4. The first-order valence-corrected chi connectivity index (χ1v) is 13.5. The summed E-state index contributed by atoms with van der Waals surface area (Å²) in [5.74, 6) is 0.550. The lowest BCUT2D eigenvalue weighted by Gasteiger charge is -2.12. The van der Waals surface area contributed by atoms with E-state index in [1.54, 1.807) is 12.1 Å². The van der Waals surface area contributed by atoms with Crippen LogP contribution in [0.4, 0.5) is 17.1 Å². The molecule has 0 amide bonds. The third kappa shape index (κ3) is 5.05. The smallest absolute Gasteiger partial charge is 0.270 e. The standard InChI is InChI=1S/C25H20N6O5S2/c1-36-20-10-7-18(8-11-20)29-38(34,35)23-15-19(31(32)33)9-12-21(23)28-26-16-22-24(17-5-3-2-4-6-17)27-25-30(22)13-14-37-25/h2-16,28-29H,1H3/b26-16+. The number of aromatic nitrogens is 2. The Morgan fingerprint density at radius 1 is 1.11 bits per heavy atom. The number of thiazole rings is 1. The van der Waals surface area contributed by atoms with Gasteiger partial charge in [-0.3, -0.25) is 24.7 Å². The van der Waals surface area contributed by atoms with Gasteiger partial charge in [-0.1, -0.05) is 30.3 Å². The van der Waals surface area contributed by atoms with Crippen molar-refractivity contribution < 1.29 is 18.1 Å². The van der Waals surface area contributed by atoms with Gasteiger partial charge in [-0.05, 0) is 30.3 Å². The number of hydrogen-bond donors (Lipinski definition) is 2. The number of non-ortho nitro benzene ring substituents is 1. The Morgan fingerprint density at radius 2 is 1.87 bits per heavy atom. The van der Waals surface area contributed by atoms with Gasteiger partial charge in [0.15, 0.2) is 4.96 Å². The predicted molar refractivity (Wildman–Crippen MR) is 147 cm³/mol. The van der Waals surface area contributed by atoms with Crippen LogP contribution in [0.25, 0.3) is 16.2 Å². The lowest BCUT2D eigenvalue weighted by molar-refractivity contribution is -0.385. The van der Waals surface area contributed by atoms with E-state index < -0.39 is 14.9 Å². The molecule has 3 aromatic carbocycles. The van der Waals surface area contributed by atoms with Gasteiger partial charge in [0, 0.05) is 35.0 Å². The van der Waals surface area contributed by atoms with Crippen LogP contribution in [0.15, 0.2) is 94.4 Å². The Bertz CT molecular complexity index is 1750. The van der Waals surface area contributed by atoms with Gasteiger partial charge < -0.3 is 4.74 Å². The number of imidazole rings is 1. The third-order valence-electron chi connectivity index (χ3n) is 5.53. The summed E-state index contributed by atoms with van der Waals surface area (Å²) in [5, 5.41) is 17.5. The Morgan fingerprint density at radius 3 is 2.58 bits per heavy atom. The zero-order valence-electron chi connectivity index (χ0n) is 19.8. The van der Waals surface area contributed by atoms with E-state index in [4.69, 9.17) is 4.74 Å². The van der Waals surface area contributed by atoms with Crippen LogP contribution in [0, 0.1) is 10.1 Å². The number of sulfonamides is 1. The van der Waals surface area contributed by atoms with Gasteiger partial charge in [-0.15, -0.1) is 11.3 Å². The average molecular weight is 549 g/mol. The molecular formula is C25H20N6O5S2. The molecule has 0 radical (unpaired) electrons. The third-order valence-corrected chi connectivity index (χ3v) is 7.70. The molecule has 38 heavy (non-hydrogen) atoms. The molecule has 0 saturated carbocycles. The van der Waals surface area contributed by atoms with Crippen molar-refractivity contribution in [3.63, 3.8) is 0 Å². The SMILES string of the molecule is COc1ccc(NS(=O)(=O)c2cc([N+](=O)[O-])ccc2N/N=C/c2c(-c3ccccc3)nc3sccn23)cc1. The maximum atomic E-state index is 13.3. The number of benzene rings is 3. The largest absolute Gasteiger partial charge is 0.497 e. The van der Waals surface area contributed by atoms with E-state index in [9.17, 15) is 18.5 Å². The molecule has 0 unspecified atom stereocenters. The van der Waals surface area contributed by atoms with Crippen molar-refractivity contribution in [2.45, 2.75) is 4.90 Å². The summed E-state index contributed by atoms with van der Waals surface area (Å²) in [4.78, 5) is 15.8. The summed E-state index contributed by atoms with van der Waals surface area (Å²) in [7, 11) is -2.73. The first-order valence-electron chi connectivity index (χ1n) is 11.1. The van der Waals surface area contributed by atoms with Crippen LogP contribution in [-0.4, -0.2) is 36.1 Å². The van der Waals surface area contributed by atoms with E-state index in [0.717, 1.165) is 16.6 Å². The number of fused-ring (bicyclic) bond motifs is 1. The quantitative estimate of drug-likeness (QED) is 0.146. The van der Waals surface area contributed by atoms with Crippen molar-refractivity contribution in [1.82, 2.24) is 9.38 Å². The summed E-state index contributed by atoms with van der Waals surface area (Å²) in [5.41, 5.74) is 4.96. The predicted octanol–water partition coefficient (Wildman–Crippen LogP) is 5.23. The lowest BCUT2D eigenvalue weighted by Crippen LogP contribution is -2.15. The van der Waals surface area contributed by atoms with Crippen molar-refractivity contribution in [3.05, 3.63) is 100 Å². The fourth-order valence-electron chi connectivity index (χ4n) is 3.71. The summed E-state index contributed by atoms with van der Waals surface area (Å²) in [6.07, 6.45) is 3.39. The number of rotatable bonds is 9. The number of hydrazone groups is 1. The molecule has 0 fully saturated rings. The Labute approximate surface area is 221 Å². The molecule has 5 rings (SSSR count). The first kappa shape index (κ1) is 24.9. The second-order valence-electron chi connectivity index (χ2n) is 7.91. The summed E-state index contributed by atoms with van der Waals surface area (Å²) in [6.45, 7) is 0. The zero-order valence-corrected chi connectivity index (χ0v) is 21.4. The molecule has 0 aliphatic rings. The van der Waals surface area contributed by atoms with Gasteiger partial charge >= 0.3 is 0 Å². The highest BCUT2D eigenvalue weighted by Crippen LogP contribution is 2.29. The van der Waals surface area contributed by atoms with Crippen molar-refractivity contribution >= 4 is 49.6 Å². The number of methoxy groups -OCH3 is 1. The van der Waals surface area contributed by atoms with Gasteiger partial charge in [0.05, 0.1) is 35.3 Å². The van der Waals surface area contributed by atoms with Crippen molar-refractivity contribution in [1.29, 1.82) is 0 Å². The molecule has 0 atom stereocenters. The van der Waals surface area contributed by atoms with E-state index in [0.29, 0.717) is 17.1 Å². The van der Waals surface area contributed by atoms with Crippen LogP contribution < -0.4 is 14.9 Å². The number of ether oxygens (including phenoxy) is 1. The highest BCUT2D eigenvalue weighted by Gasteiger charge is 2.23. The second-order valence-corrected chi connectivity index (χ2v) is 10.4. The van der Waals surface area contributed by atoms with Crippen molar-refractivity contribution in [3.8, 4) is 17.0 Å². The minimum absolute atomic E-state index is 0.0557. The van der Waals surface area contributed by atoms with Gasteiger partial charge in [0.1, 0.15) is 10.6 Å². The Balaban J connectivity index is 1.49. The van der Waals surface area contributed by atoms with Gasteiger partial charge in [-0.2, -0.15) is 5.10 Å². The topological polar surface area (TPSA) is 140 Å². The van der Waals surface area contributed by atoms with Crippen molar-refractivity contribution in [2.75, 3.05) is 17.3 Å². The van der Waals surface area contributed by atoms with Gasteiger partial charge in [0.2, 0.25) is 0 Å². The van der Waals surface area contributed by atoms with Gasteiger partial charge in [-0.25, -0.2) is 13.4 Å². The molecule has 2 heterocycles. The van der Waals surface area contributed by atoms with E-state index in [-0.39, 0.29) is 22.0 Å². The maximum absolute atomic E-state index is 13.3. The van der Waals surface area contributed by atoms with Gasteiger partial charge in [0.25, 0.3) is 15.7 Å². The van der Waals surface area contributed by atoms with Crippen LogP contribution in [0.5, 0.6) is 5.75 Å². The Kier molecular flexibility index (Phi) is 6.77. The normalized spacial score (nSPS) is 11.6. The zero-order chi connectivity index (χ0) is 26.7. The Hall–Kier alpha value is -4.75. The molecule has 11 nitrogen and oxygen atoms in total. The summed E-state index contributed by atoms with van der Waals surface area (Å²) < 4.78 is 35.9. The molecule has 0 spiro atoms. The molecule has 0 aliphatic heterocycles. The van der Waals surface area contributed by atoms with E-state index in [1.165, 1.54) is 48.9 Å². The molecule has 0 bridgehead atoms.